The molecular weight excluding hydrogens is 274 g/mol. The van der Waals surface area contributed by atoms with E-state index in [0.717, 1.165) is 17.7 Å². The molecule has 0 aliphatic heterocycles. The van der Waals surface area contributed by atoms with Crippen molar-refractivity contribution >= 4 is 11.7 Å². The van der Waals surface area contributed by atoms with Crippen LogP contribution in [0, 0.1) is 5.92 Å². The van der Waals surface area contributed by atoms with Crippen LogP contribution in [-0.2, 0) is 9.53 Å². The van der Waals surface area contributed by atoms with Crippen molar-refractivity contribution < 1.29 is 9.53 Å². The average Bonchev–Trinajstić information content (AvgIpc) is 2.54. The average molecular weight is 297 g/mol. The first-order chi connectivity index (χ1) is 10.7. The zero-order valence-corrected chi connectivity index (χ0v) is 13.2. The predicted molar refractivity (Wildman–Crippen MR) is 89.7 cm³/mol. The van der Waals surface area contributed by atoms with Crippen LogP contribution in [0.3, 0.4) is 0 Å². The molecule has 0 aliphatic carbocycles. The molecule has 0 saturated carbocycles. The molecule has 1 atom stereocenters. The van der Waals surface area contributed by atoms with Gasteiger partial charge < -0.3 is 10.1 Å². The molecule has 0 aromatic heterocycles. The molecule has 0 amide bonds. The minimum absolute atomic E-state index is 0.240. The van der Waals surface area contributed by atoms with Crippen LogP contribution in [0.2, 0.25) is 0 Å². The van der Waals surface area contributed by atoms with E-state index < -0.39 is 6.04 Å². The summed E-state index contributed by atoms with van der Waals surface area (Å²) in [5.74, 6) is 0.278. The highest BCUT2D eigenvalue weighted by Crippen LogP contribution is 2.21. The number of carbonyl (C=O) groups excluding carboxylic acids is 1. The first-order valence-electron chi connectivity index (χ1n) is 7.70. The maximum absolute atomic E-state index is 12.4. The van der Waals surface area contributed by atoms with Gasteiger partial charge in [0.15, 0.2) is 6.04 Å². The Bertz CT molecular complexity index is 567. The molecule has 22 heavy (non-hydrogen) atoms. The van der Waals surface area contributed by atoms with Crippen LogP contribution in [0.15, 0.2) is 60.7 Å². The second-order valence-corrected chi connectivity index (χ2v) is 5.70. The molecule has 0 aliphatic rings. The van der Waals surface area contributed by atoms with Crippen LogP contribution >= 0.6 is 0 Å². The van der Waals surface area contributed by atoms with E-state index in [4.69, 9.17) is 4.74 Å². The molecule has 2 rings (SSSR count). The lowest BCUT2D eigenvalue weighted by Gasteiger charge is -2.19. The SMILES string of the molecule is CC(C)CCOC(=O)C(Nc1ccccc1)c1ccccc1. The van der Waals surface area contributed by atoms with Crippen molar-refractivity contribution in [1.29, 1.82) is 0 Å². The van der Waals surface area contributed by atoms with E-state index in [1.807, 2.05) is 60.7 Å². The Morgan fingerprint density at radius 1 is 1.00 bits per heavy atom. The number of benzene rings is 2. The number of para-hydroxylation sites is 1. The molecule has 0 fully saturated rings. The van der Waals surface area contributed by atoms with Crippen LogP contribution in [0.25, 0.3) is 0 Å². The lowest BCUT2D eigenvalue weighted by molar-refractivity contribution is -0.145. The van der Waals surface area contributed by atoms with Crippen LogP contribution in [0.4, 0.5) is 5.69 Å². The zero-order valence-electron chi connectivity index (χ0n) is 13.2. The fourth-order valence-corrected chi connectivity index (χ4v) is 2.10. The fourth-order valence-electron chi connectivity index (χ4n) is 2.10. The van der Waals surface area contributed by atoms with E-state index in [-0.39, 0.29) is 5.97 Å². The molecule has 0 spiro atoms. The molecule has 3 nitrogen and oxygen atoms in total. The number of rotatable bonds is 7. The van der Waals surface area contributed by atoms with Crippen molar-refractivity contribution in [1.82, 2.24) is 0 Å². The third kappa shape index (κ3) is 4.92. The van der Waals surface area contributed by atoms with Crippen molar-refractivity contribution in [3.8, 4) is 0 Å². The van der Waals surface area contributed by atoms with E-state index in [1.165, 1.54) is 0 Å². The van der Waals surface area contributed by atoms with Gasteiger partial charge in [0, 0.05) is 5.69 Å². The molecule has 1 N–H and O–H groups in total. The summed E-state index contributed by atoms with van der Waals surface area (Å²) in [6.07, 6.45) is 0.874. The fraction of sp³-hybridized carbons (Fsp3) is 0.316. The smallest absolute Gasteiger partial charge is 0.333 e. The van der Waals surface area contributed by atoms with Gasteiger partial charge in [-0.2, -0.15) is 0 Å². The molecule has 2 aromatic rings. The Balaban J connectivity index is 2.10. The normalized spacial score (nSPS) is 12.0. The van der Waals surface area contributed by atoms with E-state index in [2.05, 4.69) is 19.2 Å². The molecule has 2 aromatic carbocycles. The Kier molecular flexibility index (Phi) is 6.01. The summed E-state index contributed by atoms with van der Waals surface area (Å²) in [6.45, 7) is 4.69. The number of nitrogens with one attached hydrogen (secondary N) is 1. The molecule has 0 heterocycles. The molecule has 0 bridgehead atoms. The number of esters is 1. The summed E-state index contributed by atoms with van der Waals surface area (Å²) >= 11 is 0. The highest BCUT2D eigenvalue weighted by molar-refractivity contribution is 5.81. The van der Waals surface area contributed by atoms with E-state index in [1.54, 1.807) is 0 Å². The minimum Gasteiger partial charge on any atom is -0.464 e. The maximum atomic E-state index is 12.4. The van der Waals surface area contributed by atoms with E-state index in [9.17, 15) is 4.79 Å². The Hall–Kier alpha value is -2.29. The van der Waals surface area contributed by atoms with Gasteiger partial charge in [0.25, 0.3) is 0 Å². The number of hydrogen-bond acceptors (Lipinski definition) is 3. The van der Waals surface area contributed by atoms with Crippen molar-refractivity contribution in [2.75, 3.05) is 11.9 Å². The highest BCUT2D eigenvalue weighted by atomic mass is 16.5. The monoisotopic (exact) mass is 297 g/mol. The van der Waals surface area contributed by atoms with Gasteiger partial charge >= 0.3 is 5.97 Å². The van der Waals surface area contributed by atoms with Crippen LogP contribution < -0.4 is 5.32 Å². The summed E-state index contributed by atoms with van der Waals surface area (Å²) in [6, 6.07) is 18.9. The van der Waals surface area contributed by atoms with Gasteiger partial charge in [-0.3, -0.25) is 0 Å². The maximum Gasteiger partial charge on any atom is 0.333 e. The van der Waals surface area contributed by atoms with Gasteiger partial charge in [-0.25, -0.2) is 4.79 Å². The summed E-state index contributed by atoms with van der Waals surface area (Å²) in [7, 11) is 0. The number of ether oxygens (including phenoxy) is 1. The third-order valence-corrected chi connectivity index (χ3v) is 3.39. The van der Waals surface area contributed by atoms with Crippen LogP contribution in [0.5, 0.6) is 0 Å². The quantitative estimate of drug-likeness (QED) is 0.768. The van der Waals surface area contributed by atoms with Crippen LogP contribution in [0.1, 0.15) is 31.9 Å². The first-order valence-corrected chi connectivity index (χ1v) is 7.70. The summed E-state index contributed by atoms with van der Waals surface area (Å²) in [5, 5.41) is 3.26. The van der Waals surface area contributed by atoms with Gasteiger partial charge in [-0.05, 0) is 30.0 Å². The number of hydrogen-bond donors (Lipinski definition) is 1. The Morgan fingerprint density at radius 3 is 2.18 bits per heavy atom. The first kappa shape index (κ1) is 16.1. The number of carbonyl (C=O) groups is 1. The third-order valence-electron chi connectivity index (χ3n) is 3.39. The van der Waals surface area contributed by atoms with Crippen molar-refractivity contribution in [3.05, 3.63) is 66.2 Å². The molecule has 116 valence electrons. The van der Waals surface area contributed by atoms with Gasteiger partial charge in [0.2, 0.25) is 0 Å². The lowest BCUT2D eigenvalue weighted by Crippen LogP contribution is -2.24. The largest absolute Gasteiger partial charge is 0.464 e. The lowest BCUT2D eigenvalue weighted by atomic mass is 10.1. The summed E-state index contributed by atoms with van der Waals surface area (Å²) in [4.78, 5) is 12.4. The van der Waals surface area contributed by atoms with E-state index >= 15 is 0 Å². The minimum atomic E-state index is -0.490. The van der Waals surface area contributed by atoms with Crippen molar-refractivity contribution in [2.24, 2.45) is 5.92 Å². The summed E-state index contributed by atoms with van der Waals surface area (Å²) < 4.78 is 5.44. The predicted octanol–water partition coefficient (Wildman–Crippen LogP) is 4.43. The molecule has 3 heteroatoms. The van der Waals surface area contributed by atoms with Crippen molar-refractivity contribution in [2.45, 2.75) is 26.3 Å². The van der Waals surface area contributed by atoms with Gasteiger partial charge in [-0.1, -0.05) is 62.4 Å². The second-order valence-electron chi connectivity index (χ2n) is 5.70. The standard InChI is InChI=1S/C19H23NO2/c1-15(2)13-14-22-19(21)18(16-9-5-3-6-10-16)20-17-11-7-4-8-12-17/h3-12,15,18,20H,13-14H2,1-2H3. The highest BCUT2D eigenvalue weighted by Gasteiger charge is 2.21. The molecule has 1 unspecified atom stereocenters. The van der Waals surface area contributed by atoms with Crippen molar-refractivity contribution in [3.63, 3.8) is 0 Å². The van der Waals surface area contributed by atoms with E-state index in [0.29, 0.717) is 12.5 Å². The molecular formula is C19H23NO2. The zero-order chi connectivity index (χ0) is 15.8. The van der Waals surface area contributed by atoms with Gasteiger partial charge in [0.1, 0.15) is 0 Å². The summed E-state index contributed by atoms with van der Waals surface area (Å²) in [5.41, 5.74) is 1.80. The van der Waals surface area contributed by atoms with Gasteiger partial charge in [-0.15, -0.1) is 0 Å². The Labute approximate surface area is 132 Å². The van der Waals surface area contributed by atoms with Crippen LogP contribution in [-0.4, -0.2) is 12.6 Å². The molecule has 0 radical (unpaired) electrons. The Morgan fingerprint density at radius 2 is 1.59 bits per heavy atom. The second kappa shape index (κ2) is 8.23. The topological polar surface area (TPSA) is 38.3 Å². The van der Waals surface area contributed by atoms with Gasteiger partial charge in [0.05, 0.1) is 6.61 Å². The number of anilines is 1. The molecule has 0 saturated heterocycles.